The van der Waals surface area contributed by atoms with E-state index in [2.05, 4.69) is 22.1 Å². The second-order valence-corrected chi connectivity index (χ2v) is 9.59. The number of carbonyl (C=O) groups is 3. The maximum Gasteiger partial charge on any atom is 0.267 e. The highest BCUT2D eigenvalue weighted by molar-refractivity contribution is 6.05. The Balaban J connectivity index is 1.42. The Morgan fingerprint density at radius 2 is 1.91 bits per heavy atom. The average Bonchev–Trinajstić information content (AvgIpc) is 3.37. The normalized spacial score (nSPS) is 19.1. The number of rotatable bonds is 6. The van der Waals surface area contributed by atoms with Crippen molar-refractivity contribution in [2.45, 2.75) is 52.1 Å². The summed E-state index contributed by atoms with van der Waals surface area (Å²) in [5.74, 6) is -1.13. The summed E-state index contributed by atoms with van der Waals surface area (Å²) >= 11 is 0. The zero-order valence-corrected chi connectivity index (χ0v) is 20.2. The molecule has 35 heavy (non-hydrogen) atoms. The van der Waals surface area contributed by atoms with Gasteiger partial charge >= 0.3 is 0 Å². The highest BCUT2D eigenvalue weighted by atomic mass is 19.1. The van der Waals surface area contributed by atoms with Gasteiger partial charge in [0.25, 0.3) is 11.8 Å². The average molecular weight is 482 g/mol. The SMILES string of the molecule is Cc1c(CN2CCN(C(=O)C3CCCC3)C(C)C2)cc(F)cc1NC(=O)c1ccc(C(N)=O)nc1. The minimum absolute atomic E-state index is 0.0602. The lowest BCUT2D eigenvalue weighted by atomic mass is 10.0. The zero-order chi connectivity index (χ0) is 25.1. The fraction of sp³-hybridized carbons (Fsp3) is 0.462. The molecule has 0 bridgehead atoms. The first kappa shape index (κ1) is 24.8. The van der Waals surface area contributed by atoms with Crippen molar-refractivity contribution in [2.24, 2.45) is 11.7 Å². The first-order valence-electron chi connectivity index (χ1n) is 12.1. The number of primary amides is 1. The highest BCUT2D eigenvalue weighted by Gasteiger charge is 2.33. The summed E-state index contributed by atoms with van der Waals surface area (Å²) in [7, 11) is 0. The number of aromatic nitrogens is 1. The first-order valence-corrected chi connectivity index (χ1v) is 12.1. The number of nitrogens with zero attached hydrogens (tertiary/aromatic N) is 3. The molecule has 0 radical (unpaired) electrons. The highest BCUT2D eigenvalue weighted by Crippen LogP contribution is 2.29. The van der Waals surface area contributed by atoms with Crippen LogP contribution in [-0.4, -0.2) is 58.2 Å². The van der Waals surface area contributed by atoms with Crippen LogP contribution < -0.4 is 11.1 Å². The van der Waals surface area contributed by atoms with Gasteiger partial charge in [-0.15, -0.1) is 0 Å². The lowest BCUT2D eigenvalue weighted by Crippen LogP contribution is -2.54. The monoisotopic (exact) mass is 481 g/mol. The number of benzene rings is 1. The molecule has 9 heteroatoms. The van der Waals surface area contributed by atoms with E-state index in [0.717, 1.165) is 43.4 Å². The minimum Gasteiger partial charge on any atom is -0.364 e. The predicted molar refractivity (Wildman–Crippen MR) is 130 cm³/mol. The molecule has 2 aromatic rings. The van der Waals surface area contributed by atoms with Gasteiger partial charge in [0.05, 0.1) is 5.56 Å². The van der Waals surface area contributed by atoms with E-state index in [1.165, 1.54) is 30.5 Å². The van der Waals surface area contributed by atoms with Gasteiger partial charge in [0, 0.05) is 50.0 Å². The molecule has 2 aliphatic rings. The second kappa shape index (κ2) is 10.5. The van der Waals surface area contributed by atoms with E-state index in [9.17, 15) is 18.8 Å². The zero-order valence-electron chi connectivity index (χ0n) is 20.2. The Bertz CT molecular complexity index is 1110. The lowest BCUT2D eigenvalue weighted by molar-refractivity contribution is -0.140. The van der Waals surface area contributed by atoms with Crippen LogP contribution in [0.25, 0.3) is 0 Å². The Morgan fingerprint density at radius 3 is 2.54 bits per heavy atom. The van der Waals surface area contributed by atoms with Crippen LogP contribution in [0.15, 0.2) is 30.5 Å². The van der Waals surface area contributed by atoms with Crippen LogP contribution in [0.2, 0.25) is 0 Å². The number of pyridine rings is 1. The van der Waals surface area contributed by atoms with E-state index in [0.29, 0.717) is 25.3 Å². The van der Waals surface area contributed by atoms with Gasteiger partial charge in [0.2, 0.25) is 5.91 Å². The summed E-state index contributed by atoms with van der Waals surface area (Å²) in [6.45, 7) is 6.55. The molecule has 2 fully saturated rings. The van der Waals surface area contributed by atoms with Gasteiger partial charge in [-0.25, -0.2) is 4.39 Å². The Kier molecular flexibility index (Phi) is 7.45. The number of hydrogen-bond acceptors (Lipinski definition) is 5. The van der Waals surface area contributed by atoms with Crippen LogP contribution in [0.4, 0.5) is 10.1 Å². The van der Waals surface area contributed by atoms with Crippen molar-refractivity contribution < 1.29 is 18.8 Å². The van der Waals surface area contributed by atoms with E-state index in [4.69, 9.17) is 5.73 Å². The van der Waals surface area contributed by atoms with Crippen LogP contribution >= 0.6 is 0 Å². The van der Waals surface area contributed by atoms with Gasteiger partial charge in [0.1, 0.15) is 11.5 Å². The molecular weight excluding hydrogens is 449 g/mol. The molecule has 186 valence electrons. The molecule has 1 saturated heterocycles. The van der Waals surface area contributed by atoms with Crippen molar-refractivity contribution >= 4 is 23.4 Å². The molecule has 1 unspecified atom stereocenters. The van der Waals surface area contributed by atoms with Gasteiger partial charge in [-0.05, 0) is 62.1 Å². The summed E-state index contributed by atoms with van der Waals surface area (Å²) in [5.41, 5.74) is 7.42. The summed E-state index contributed by atoms with van der Waals surface area (Å²) in [5, 5.41) is 2.75. The summed E-state index contributed by atoms with van der Waals surface area (Å²) in [4.78, 5) is 44.9. The molecule has 8 nitrogen and oxygen atoms in total. The fourth-order valence-electron chi connectivity index (χ4n) is 5.05. The van der Waals surface area contributed by atoms with Crippen molar-refractivity contribution in [3.63, 3.8) is 0 Å². The molecule has 1 saturated carbocycles. The van der Waals surface area contributed by atoms with Gasteiger partial charge in [0.15, 0.2) is 0 Å². The van der Waals surface area contributed by atoms with Crippen LogP contribution in [0.3, 0.4) is 0 Å². The van der Waals surface area contributed by atoms with Gasteiger partial charge in [-0.3, -0.25) is 24.3 Å². The number of hydrogen-bond donors (Lipinski definition) is 2. The van der Waals surface area contributed by atoms with E-state index in [1.54, 1.807) is 0 Å². The van der Waals surface area contributed by atoms with Gasteiger partial charge < -0.3 is 16.0 Å². The van der Waals surface area contributed by atoms with Crippen LogP contribution in [0.1, 0.15) is 64.6 Å². The maximum absolute atomic E-state index is 14.5. The number of nitrogens with one attached hydrogen (secondary N) is 1. The van der Waals surface area contributed by atoms with Gasteiger partial charge in [-0.2, -0.15) is 0 Å². The molecular formula is C26H32FN5O3. The fourth-order valence-corrected chi connectivity index (χ4v) is 5.05. The Hall–Kier alpha value is -3.33. The van der Waals surface area contributed by atoms with Crippen molar-refractivity contribution in [1.29, 1.82) is 0 Å². The molecule has 2 heterocycles. The Labute approximate surface area is 204 Å². The van der Waals surface area contributed by atoms with Crippen molar-refractivity contribution in [3.05, 3.63) is 58.7 Å². The summed E-state index contributed by atoms with van der Waals surface area (Å²) in [6, 6.07) is 5.71. The molecule has 3 amide bonds. The van der Waals surface area contributed by atoms with Crippen molar-refractivity contribution in [1.82, 2.24) is 14.8 Å². The number of carbonyl (C=O) groups excluding carboxylic acids is 3. The molecule has 1 aliphatic carbocycles. The lowest BCUT2D eigenvalue weighted by Gasteiger charge is -2.41. The molecule has 1 aliphatic heterocycles. The smallest absolute Gasteiger partial charge is 0.267 e. The third kappa shape index (κ3) is 5.67. The van der Waals surface area contributed by atoms with Crippen molar-refractivity contribution in [2.75, 3.05) is 25.0 Å². The quantitative estimate of drug-likeness (QED) is 0.659. The molecule has 0 spiro atoms. The number of nitrogens with two attached hydrogens (primary N) is 1. The predicted octanol–water partition coefficient (Wildman–Crippen LogP) is 3.10. The van der Waals surface area contributed by atoms with E-state index in [1.807, 2.05) is 11.8 Å². The number of amides is 3. The van der Waals surface area contributed by atoms with E-state index in [-0.39, 0.29) is 29.1 Å². The Morgan fingerprint density at radius 1 is 1.17 bits per heavy atom. The van der Waals surface area contributed by atoms with Gasteiger partial charge in [-0.1, -0.05) is 12.8 Å². The number of piperazine rings is 1. The largest absolute Gasteiger partial charge is 0.364 e. The molecule has 1 atom stereocenters. The van der Waals surface area contributed by atoms with E-state index < -0.39 is 17.6 Å². The summed E-state index contributed by atoms with van der Waals surface area (Å²) < 4.78 is 14.5. The molecule has 1 aromatic heterocycles. The van der Waals surface area contributed by atoms with Crippen LogP contribution in [0.5, 0.6) is 0 Å². The first-order chi connectivity index (χ1) is 16.7. The van der Waals surface area contributed by atoms with Crippen LogP contribution in [-0.2, 0) is 11.3 Å². The molecule has 1 aromatic carbocycles. The van der Waals surface area contributed by atoms with Crippen molar-refractivity contribution in [3.8, 4) is 0 Å². The topological polar surface area (TPSA) is 109 Å². The standard InChI is InChI=1S/C26H32FN5O3/c1-16-14-31(9-10-32(16)26(35)18-5-3-4-6-18)15-20-11-21(27)12-23(17(20)2)30-25(34)19-7-8-22(24(28)33)29-13-19/h7-8,11-13,16,18H,3-6,9-10,14-15H2,1-2H3,(H2,28,33)(H,30,34). The summed E-state index contributed by atoms with van der Waals surface area (Å²) in [6.07, 6.45) is 5.52. The molecule has 4 rings (SSSR count). The second-order valence-electron chi connectivity index (χ2n) is 9.59. The maximum atomic E-state index is 14.5. The number of anilines is 1. The van der Waals surface area contributed by atoms with Crippen LogP contribution in [0, 0.1) is 18.7 Å². The van der Waals surface area contributed by atoms with E-state index >= 15 is 0 Å². The minimum atomic E-state index is -0.680. The third-order valence-electron chi connectivity index (χ3n) is 7.10. The molecule has 3 N–H and O–H groups in total. The third-order valence-corrected chi connectivity index (χ3v) is 7.10. The number of halogens is 1.